The first-order chi connectivity index (χ1) is 30.2. The third kappa shape index (κ3) is 9.06. The van der Waals surface area contributed by atoms with Gasteiger partial charge in [-0.05, 0) is 32.0 Å². The minimum Gasteiger partial charge on any atom is -0.507 e. The molecule has 0 spiro atoms. The fraction of sp³-hybridized carbons (Fsp3) is 0.615. The number of benzene rings is 2. The quantitative estimate of drug-likeness (QED) is 0.0798. The third-order valence-electron chi connectivity index (χ3n) is 11.4. The highest BCUT2D eigenvalue weighted by atomic mass is 16.7. The van der Waals surface area contributed by atoms with E-state index in [2.05, 4.69) is 0 Å². The Labute approximate surface area is 360 Å². The number of hydrogen-bond donors (Lipinski definition) is 15. The van der Waals surface area contributed by atoms with Crippen molar-refractivity contribution in [3.63, 3.8) is 0 Å². The van der Waals surface area contributed by atoms with E-state index in [1.807, 2.05) is 0 Å². The Kier molecular flexibility index (Phi) is 14.2. The average Bonchev–Trinajstić information content (AvgIpc) is 3.26. The molecule has 0 saturated carbocycles. The molecule has 4 fully saturated rings. The van der Waals surface area contributed by atoms with Crippen molar-refractivity contribution >= 4 is 11.0 Å². The molecule has 15 N–H and O–H groups in total. The molecule has 0 bridgehead atoms. The molecule has 0 radical (unpaired) electrons. The van der Waals surface area contributed by atoms with Crippen LogP contribution in [0.2, 0.25) is 0 Å². The number of phenolic OH excluding ortho intramolecular Hbond substituents is 3. The van der Waals surface area contributed by atoms with Crippen molar-refractivity contribution in [3.05, 3.63) is 40.6 Å². The molecule has 25 nitrogen and oxygen atoms in total. The standard InChI is InChI=1S/C39H50O25/c1-10-21(44)25(48)29(52)36(57-10)56-9-19-23(46)27(50)30(53)38(62-19)59-13-6-16(43)20-17(7-13)60-34(12-3-4-14(41)15(42)5-12)35(24(20)47)64-37-32(55)28(51)33(11(2)58-37)63-39-31(54)26(49)22(45)18(8-40)61-39/h3-7,10-11,18-19,21-23,25-33,36-46,48-55H,8-9H2,1-2H3/t10?,11?,18?,19?,21-,22+,23+,25?,26-,27-,28?,29-,30?,31?,32-,33-,36+,37-,38+,39-/m0/s1. The van der Waals surface area contributed by atoms with Crippen molar-refractivity contribution in [2.75, 3.05) is 13.2 Å². The van der Waals surface area contributed by atoms with Gasteiger partial charge in [-0.3, -0.25) is 4.79 Å². The molecule has 4 aliphatic heterocycles. The summed E-state index contributed by atoms with van der Waals surface area (Å²) in [5.74, 6) is -3.74. The van der Waals surface area contributed by atoms with Gasteiger partial charge < -0.3 is 119 Å². The maximum atomic E-state index is 14.2. The second kappa shape index (κ2) is 19.0. The maximum absolute atomic E-state index is 14.2. The van der Waals surface area contributed by atoms with Crippen molar-refractivity contribution in [3.8, 4) is 40.1 Å². The highest BCUT2D eigenvalue weighted by molar-refractivity contribution is 5.88. The van der Waals surface area contributed by atoms with Crippen LogP contribution in [0.4, 0.5) is 0 Å². The molecular weight excluding hydrogens is 868 g/mol. The predicted octanol–water partition coefficient (Wildman–Crippen LogP) is -5.36. The number of fused-ring (bicyclic) bond motifs is 1. The van der Waals surface area contributed by atoms with E-state index < -0.39 is 181 Å². The molecule has 2 aromatic carbocycles. The summed E-state index contributed by atoms with van der Waals surface area (Å²) < 4.78 is 50.9. The van der Waals surface area contributed by atoms with Crippen LogP contribution in [0, 0.1) is 0 Å². The molecule has 25 heteroatoms. The summed E-state index contributed by atoms with van der Waals surface area (Å²) in [5.41, 5.74) is -1.70. The molecule has 64 heavy (non-hydrogen) atoms. The first-order valence-electron chi connectivity index (χ1n) is 19.9. The van der Waals surface area contributed by atoms with E-state index in [0.717, 1.165) is 24.3 Å². The highest BCUT2D eigenvalue weighted by Crippen LogP contribution is 2.41. The summed E-state index contributed by atoms with van der Waals surface area (Å²) >= 11 is 0. The Morgan fingerprint density at radius 3 is 1.81 bits per heavy atom. The van der Waals surface area contributed by atoms with E-state index in [1.54, 1.807) is 0 Å². The van der Waals surface area contributed by atoms with E-state index in [4.69, 9.17) is 42.3 Å². The fourth-order valence-corrected chi connectivity index (χ4v) is 7.66. The lowest BCUT2D eigenvalue weighted by Crippen LogP contribution is -2.64. The Morgan fingerprint density at radius 1 is 0.562 bits per heavy atom. The number of rotatable bonds is 11. The molecule has 7 rings (SSSR count). The van der Waals surface area contributed by atoms with Gasteiger partial charge in [0.25, 0.3) is 0 Å². The van der Waals surface area contributed by atoms with Crippen LogP contribution in [0.1, 0.15) is 13.8 Å². The largest absolute Gasteiger partial charge is 0.507 e. The zero-order valence-corrected chi connectivity index (χ0v) is 33.6. The van der Waals surface area contributed by atoms with Crippen molar-refractivity contribution in [2.45, 2.75) is 137 Å². The molecule has 4 aliphatic rings. The fourth-order valence-electron chi connectivity index (χ4n) is 7.66. The summed E-state index contributed by atoms with van der Waals surface area (Å²) in [7, 11) is 0. The Bertz CT molecular complexity index is 2150. The zero-order valence-electron chi connectivity index (χ0n) is 33.6. The van der Waals surface area contributed by atoms with Crippen LogP contribution in [-0.4, -0.2) is 213 Å². The summed E-state index contributed by atoms with van der Waals surface area (Å²) in [6.07, 6.45) is -33.5. The van der Waals surface area contributed by atoms with Gasteiger partial charge in [-0.25, -0.2) is 0 Å². The lowest BCUT2D eigenvalue weighted by molar-refractivity contribution is -0.348. The first kappa shape index (κ1) is 47.9. The molecule has 8 unspecified atom stereocenters. The minimum absolute atomic E-state index is 0.132. The molecule has 1 aromatic heterocycles. The summed E-state index contributed by atoms with van der Waals surface area (Å²) in [6.45, 7) is 1.35. The zero-order chi connectivity index (χ0) is 46.6. The van der Waals surface area contributed by atoms with Gasteiger partial charge in [0, 0.05) is 17.7 Å². The summed E-state index contributed by atoms with van der Waals surface area (Å²) in [4.78, 5) is 14.2. The Hall–Kier alpha value is -4.07. The van der Waals surface area contributed by atoms with Crippen molar-refractivity contribution in [1.29, 1.82) is 0 Å². The van der Waals surface area contributed by atoms with Gasteiger partial charge in [-0.1, -0.05) is 0 Å². The number of hydrogen-bond acceptors (Lipinski definition) is 25. The van der Waals surface area contributed by atoms with E-state index in [9.17, 15) is 81.4 Å². The van der Waals surface area contributed by atoms with E-state index in [1.165, 1.54) is 19.9 Å². The van der Waals surface area contributed by atoms with Gasteiger partial charge in [0.05, 0.1) is 25.4 Å². The highest BCUT2D eigenvalue weighted by Gasteiger charge is 2.51. The van der Waals surface area contributed by atoms with Gasteiger partial charge in [-0.15, -0.1) is 0 Å². The SMILES string of the molecule is CC1O[C@@H](OCC2O[C@@H](Oc3cc(O)c4c(=O)c(O[C@@H]5OC(C)[C@H](O[C@@H]6OC(CO)[C@@H](O)[C@H](O)C6O)C(O)[C@@H]5O)c(-c5ccc(O)c(O)c5)oc4c3)C(O)[C@@H](O)[C@@H]2O)[C@@H](O)C(O)[C@H]1O. The van der Waals surface area contributed by atoms with E-state index >= 15 is 0 Å². The number of phenols is 3. The topological polar surface area (TPSA) is 408 Å². The van der Waals surface area contributed by atoms with Gasteiger partial charge in [0.1, 0.15) is 108 Å². The summed E-state index contributed by atoms with van der Waals surface area (Å²) in [5, 5.41) is 156. The molecule has 0 aliphatic carbocycles. The van der Waals surface area contributed by atoms with Crippen molar-refractivity contribution < 1.29 is 119 Å². The van der Waals surface area contributed by atoms with Crippen LogP contribution < -0.4 is 14.9 Å². The van der Waals surface area contributed by atoms with Crippen LogP contribution >= 0.6 is 0 Å². The number of aliphatic hydroxyl groups is 12. The Balaban J connectivity index is 1.15. The Morgan fingerprint density at radius 2 is 1.14 bits per heavy atom. The first-order valence-corrected chi connectivity index (χ1v) is 19.9. The second-order valence-electron chi connectivity index (χ2n) is 15.9. The van der Waals surface area contributed by atoms with Crippen LogP contribution in [0.5, 0.6) is 28.7 Å². The van der Waals surface area contributed by atoms with Crippen molar-refractivity contribution in [2.24, 2.45) is 0 Å². The lowest BCUT2D eigenvalue weighted by Gasteiger charge is -2.45. The van der Waals surface area contributed by atoms with Crippen LogP contribution in [-0.2, 0) is 28.4 Å². The smallest absolute Gasteiger partial charge is 0.239 e. The monoisotopic (exact) mass is 918 g/mol. The molecule has 4 saturated heterocycles. The number of ether oxygens (including phenoxy) is 8. The maximum Gasteiger partial charge on any atom is 0.239 e. The van der Waals surface area contributed by atoms with Crippen LogP contribution in [0.3, 0.4) is 0 Å². The molecular formula is C39H50O25. The number of aromatic hydroxyl groups is 3. The third-order valence-corrected chi connectivity index (χ3v) is 11.4. The second-order valence-corrected chi connectivity index (χ2v) is 15.9. The van der Waals surface area contributed by atoms with Crippen molar-refractivity contribution in [1.82, 2.24) is 0 Å². The molecule has 5 heterocycles. The van der Waals surface area contributed by atoms with Gasteiger partial charge in [-0.2, -0.15) is 0 Å². The van der Waals surface area contributed by atoms with Gasteiger partial charge in [0.2, 0.25) is 23.8 Å². The van der Waals surface area contributed by atoms with Crippen LogP contribution in [0.25, 0.3) is 22.3 Å². The number of aliphatic hydroxyl groups excluding tert-OH is 12. The molecule has 356 valence electrons. The molecule has 3 aromatic rings. The van der Waals surface area contributed by atoms with Gasteiger partial charge in [0.15, 0.2) is 29.8 Å². The van der Waals surface area contributed by atoms with E-state index in [-0.39, 0.29) is 11.3 Å². The summed E-state index contributed by atoms with van der Waals surface area (Å²) in [6, 6.07) is 5.11. The molecule has 0 amide bonds. The normalized spacial score (nSPS) is 40.6. The predicted molar refractivity (Wildman–Crippen MR) is 204 cm³/mol. The average molecular weight is 919 g/mol. The van der Waals surface area contributed by atoms with E-state index in [0.29, 0.717) is 0 Å². The van der Waals surface area contributed by atoms with Crippen LogP contribution in [0.15, 0.2) is 39.5 Å². The molecule has 20 atom stereocenters. The lowest BCUT2D eigenvalue weighted by atomic mass is 9.97. The minimum atomic E-state index is -2.06. The van der Waals surface area contributed by atoms with Gasteiger partial charge >= 0.3 is 0 Å².